The Kier molecular flexibility index (Phi) is 4.61. The molecule has 0 atom stereocenters. The minimum atomic E-state index is -0.0119. The van der Waals surface area contributed by atoms with Crippen molar-refractivity contribution in [2.75, 3.05) is 5.73 Å². The smallest absolute Gasteiger partial charge is 0.0314 e. The number of nitrogen functional groups attached to an aromatic ring is 1. The molecule has 2 aromatic rings. The van der Waals surface area contributed by atoms with E-state index in [1.165, 1.54) is 22.3 Å². The second-order valence-corrected chi connectivity index (χ2v) is 9.10. The van der Waals surface area contributed by atoms with E-state index >= 15 is 0 Å². The SMILES string of the molecule is Cc1c(C(C)(C)C)cccc1C(C)(C)C(C)(C)c1ccc(N)cc1. The summed E-state index contributed by atoms with van der Waals surface area (Å²) in [5.74, 6) is 0. The zero-order valence-electron chi connectivity index (χ0n) is 16.6. The highest BCUT2D eigenvalue weighted by Crippen LogP contribution is 2.46. The van der Waals surface area contributed by atoms with Gasteiger partial charge in [-0.05, 0) is 57.6 Å². The van der Waals surface area contributed by atoms with Crippen molar-refractivity contribution in [1.29, 1.82) is 0 Å². The number of anilines is 1. The monoisotopic (exact) mass is 323 g/mol. The Bertz CT molecular complexity index is 713. The van der Waals surface area contributed by atoms with Crippen molar-refractivity contribution >= 4 is 5.69 Å². The number of nitrogens with two attached hydrogens (primary N) is 1. The molecule has 2 rings (SSSR count). The molecule has 0 aliphatic rings. The van der Waals surface area contributed by atoms with Crippen molar-refractivity contribution < 1.29 is 0 Å². The third kappa shape index (κ3) is 3.09. The summed E-state index contributed by atoms with van der Waals surface area (Å²) in [6.45, 7) is 18.5. The Labute approximate surface area is 148 Å². The third-order valence-electron chi connectivity index (χ3n) is 6.01. The number of benzene rings is 2. The molecular weight excluding hydrogens is 290 g/mol. The second kappa shape index (κ2) is 5.95. The van der Waals surface area contributed by atoms with Crippen LogP contribution in [-0.4, -0.2) is 0 Å². The largest absolute Gasteiger partial charge is 0.399 e. The Balaban J connectivity index is 2.60. The molecule has 0 aliphatic heterocycles. The Morgan fingerprint density at radius 1 is 0.667 bits per heavy atom. The fourth-order valence-electron chi connectivity index (χ4n) is 3.72. The van der Waals surface area contributed by atoms with Gasteiger partial charge >= 0.3 is 0 Å². The summed E-state index contributed by atoms with van der Waals surface area (Å²) >= 11 is 0. The molecule has 0 radical (unpaired) electrons. The highest BCUT2D eigenvalue weighted by atomic mass is 14.5. The lowest BCUT2D eigenvalue weighted by Gasteiger charge is -2.44. The number of hydrogen-bond donors (Lipinski definition) is 1. The molecule has 0 unspecified atom stereocenters. The quantitative estimate of drug-likeness (QED) is 0.675. The summed E-state index contributed by atoms with van der Waals surface area (Å²) < 4.78 is 0. The minimum Gasteiger partial charge on any atom is -0.399 e. The van der Waals surface area contributed by atoms with Gasteiger partial charge in [-0.2, -0.15) is 0 Å². The molecule has 1 nitrogen and oxygen atoms in total. The predicted octanol–water partition coefficient (Wildman–Crippen LogP) is 6.13. The molecule has 0 aromatic heterocycles. The second-order valence-electron chi connectivity index (χ2n) is 9.10. The van der Waals surface area contributed by atoms with Gasteiger partial charge < -0.3 is 5.73 Å². The molecule has 0 saturated heterocycles. The van der Waals surface area contributed by atoms with Gasteiger partial charge in [0, 0.05) is 5.69 Å². The van der Waals surface area contributed by atoms with Crippen LogP contribution in [0.4, 0.5) is 5.69 Å². The van der Waals surface area contributed by atoms with Gasteiger partial charge in [0.15, 0.2) is 0 Å². The summed E-state index contributed by atoms with van der Waals surface area (Å²) in [7, 11) is 0. The fraction of sp³-hybridized carbons (Fsp3) is 0.478. The van der Waals surface area contributed by atoms with Crippen LogP contribution in [0.25, 0.3) is 0 Å². The standard InChI is InChI=1S/C23H33N/c1-16-19(21(2,3)4)10-9-11-20(16)23(7,8)22(5,6)17-12-14-18(24)15-13-17/h9-15H,24H2,1-8H3. The van der Waals surface area contributed by atoms with E-state index in [9.17, 15) is 0 Å². The van der Waals surface area contributed by atoms with E-state index in [2.05, 4.69) is 85.7 Å². The summed E-state index contributed by atoms with van der Waals surface area (Å²) in [4.78, 5) is 0. The van der Waals surface area contributed by atoms with Gasteiger partial charge in [0.1, 0.15) is 0 Å². The van der Waals surface area contributed by atoms with E-state index in [0.29, 0.717) is 0 Å². The summed E-state index contributed by atoms with van der Waals surface area (Å²) in [6, 6.07) is 15.1. The lowest BCUT2D eigenvalue weighted by Crippen LogP contribution is -2.41. The molecule has 0 fully saturated rings. The van der Waals surface area contributed by atoms with E-state index in [1.807, 2.05) is 12.1 Å². The van der Waals surface area contributed by atoms with Crippen LogP contribution in [0.15, 0.2) is 42.5 Å². The van der Waals surface area contributed by atoms with E-state index < -0.39 is 0 Å². The van der Waals surface area contributed by atoms with Crippen molar-refractivity contribution in [3.05, 3.63) is 64.7 Å². The number of hydrogen-bond acceptors (Lipinski definition) is 1. The van der Waals surface area contributed by atoms with Crippen LogP contribution in [-0.2, 0) is 16.2 Å². The van der Waals surface area contributed by atoms with Gasteiger partial charge in [-0.25, -0.2) is 0 Å². The lowest BCUT2D eigenvalue weighted by atomic mass is 9.59. The van der Waals surface area contributed by atoms with Crippen molar-refractivity contribution in [3.8, 4) is 0 Å². The average Bonchev–Trinajstić information content (AvgIpc) is 2.46. The van der Waals surface area contributed by atoms with E-state index in [1.54, 1.807) is 0 Å². The van der Waals surface area contributed by atoms with Gasteiger partial charge in [0.05, 0.1) is 0 Å². The van der Waals surface area contributed by atoms with E-state index in [-0.39, 0.29) is 16.2 Å². The molecule has 0 aliphatic carbocycles. The molecule has 0 spiro atoms. The minimum absolute atomic E-state index is 0.00550. The zero-order chi connectivity index (χ0) is 18.3. The first-order chi connectivity index (χ1) is 10.9. The van der Waals surface area contributed by atoms with Crippen LogP contribution >= 0.6 is 0 Å². The molecule has 1 heteroatoms. The molecule has 24 heavy (non-hydrogen) atoms. The van der Waals surface area contributed by atoms with Gasteiger partial charge in [0.2, 0.25) is 0 Å². The van der Waals surface area contributed by atoms with Gasteiger partial charge in [-0.1, -0.05) is 78.8 Å². The first-order valence-corrected chi connectivity index (χ1v) is 8.85. The maximum Gasteiger partial charge on any atom is 0.0314 e. The Hall–Kier alpha value is -1.76. The molecule has 2 aromatic carbocycles. The molecule has 2 N–H and O–H groups in total. The highest BCUT2D eigenvalue weighted by Gasteiger charge is 2.41. The Morgan fingerprint density at radius 3 is 1.67 bits per heavy atom. The molecule has 0 heterocycles. The van der Waals surface area contributed by atoms with Gasteiger partial charge in [0.25, 0.3) is 0 Å². The molecule has 0 saturated carbocycles. The molecule has 0 amide bonds. The van der Waals surface area contributed by atoms with Crippen LogP contribution in [0, 0.1) is 6.92 Å². The average molecular weight is 324 g/mol. The Morgan fingerprint density at radius 2 is 1.17 bits per heavy atom. The van der Waals surface area contributed by atoms with Crippen molar-refractivity contribution in [2.45, 2.75) is 71.6 Å². The summed E-state index contributed by atoms with van der Waals surface area (Å²) in [5.41, 5.74) is 12.4. The number of rotatable bonds is 3. The maximum absolute atomic E-state index is 5.88. The van der Waals surface area contributed by atoms with Gasteiger partial charge in [-0.15, -0.1) is 0 Å². The molecule has 0 bridgehead atoms. The van der Waals surface area contributed by atoms with Crippen molar-refractivity contribution in [1.82, 2.24) is 0 Å². The molecular formula is C23H33N. The van der Waals surface area contributed by atoms with Crippen LogP contribution in [0.2, 0.25) is 0 Å². The van der Waals surface area contributed by atoms with Crippen LogP contribution < -0.4 is 5.73 Å². The topological polar surface area (TPSA) is 26.0 Å². The zero-order valence-corrected chi connectivity index (χ0v) is 16.6. The van der Waals surface area contributed by atoms with Crippen LogP contribution in [0.5, 0.6) is 0 Å². The maximum atomic E-state index is 5.88. The van der Waals surface area contributed by atoms with E-state index in [4.69, 9.17) is 5.73 Å². The van der Waals surface area contributed by atoms with Crippen molar-refractivity contribution in [3.63, 3.8) is 0 Å². The summed E-state index contributed by atoms with van der Waals surface area (Å²) in [6.07, 6.45) is 0. The summed E-state index contributed by atoms with van der Waals surface area (Å²) in [5, 5.41) is 0. The lowest BCUT2D eigenvalue weighted by molar-refractivity contribution is 0.301. The normalized spacial score (nSPS) is 13.2. The first kappa shape index (κ1) is 18.6. The van der Waals surface area contributed by atoms with Crippen molar-refractivity contribution in [2.24, 2.45) is 0 Å². The molecule has 130 valence electrons. The van der Waals surface area contributed by atoms with E-state index in [0.717, 1.165) is 5.69 Å². The highest BCUT2D eigenvalue weighted by molar-refractivity contribution is 5.47. The van der Waals surface area contributed by atoms with Gasteiger partial charge in [-0.3, -0.25) is 0 Å². The van der Waals surface area contributed by atoms with Crippen LogP contribution in [0.1, 0.15) is 70.7 Å². The van der Waals surface area contributed by atoms with Crippen LogP contribution in [0.3, 0.4) is 0 Å². The first-order valence-electron chi connectivity index (χ1n) is 8.85. The fourth-order valence-corrected chi connectivity index (χ4v) is 3.72. The third-order valence-corrected chi connectivity index (χ3v) is 6.01. The predicted molar refractivity (Wildman–Crippen MR) is 107 cm³/mol.